The molecule has 0 amide bonds. The minimum Gasteiger partial charge on any atom is -0.392 e. The van der Waals surface area contributed by atoms with Crippen molar-refractivity contribution in [1.82, 2.24) is 0 Å². The van der Waals surface area contributed by atoms with Crippen LogP contribution in [0.1, 0.15) is 25.0 Å². The predicted molar refractivity (Wildman–Crippen MR) is 75.5 cm³/mol. The fraction of sp³-hybridized carbons (Fsp3) is 0.294. The van der Waals surface area contributed by atoms with E-state index in [0.717, 1.165) is 17.7 Å². The van der Waals surface area contributed by atoms with E-state index in [1.54, 1.807) is 0 Å². The summed E-state index contributed by atoms with van der Waals surface area (Å²) in [7, 11) is 0. The number of hydrogen-bond acceptors (Lipinski definition) is 1. The molecule has 0 fully saturated rings. The first-order chi connectivity index (χ1) is 9.41. The lowest BCUT2D eigenvalue weighted by atomic mass is 9.77. The summed E-state index contributed by atoms with van der Waals surface area (Å²) >= 11 is 0. The third kappa shape index (κ3) is 3.05. The largest absolute Gasteiger partial charge is 0.392 e. The molecule has 0 aliphatic heterocycles. The van der Waals surface area contributed by atoms with Gasteiger partial charge < -0.3 is 5.11 Å². The van der Waals surface area contributed by atoms with Crippen LogP contribution >= 0.6 is 0 Å². The molecule has 0 aliphatic carbocycles. The minimum absolute atomic E-state index is 0.277. The van der Waals surface area contributed by atoms with E-state index >= 15 is 0 Å². The summed E-state index contributed by atoms with van der Waals surface area (Å²) in [6.07, 6.45) is -0.409. The van der Waals surface area contributed by atoms with E-state index in [0.29, 0.717) is 5.56 Å². The predicted octanol–water partition coefficient (Wildman–Crippen LogP) is 3.85. The maximum atomic E-state index is 13.2. The van der Waals surface area contributed by atoms with Crippen LogP contribution in [0.4, 0.5) is 8.78 Å². The molecule has 1 unspecified atom stereocenters. The van der Waals surface area contributed by atoms with Crippen molar-refractivity contribution < 1.29 is 13.9 Å². The highest BCUT2D eigenvalue weighted by Crippen LogP contribution is 2.29. The third-order valence-electron chi connectivity index (χ3n) is 3.76. The smallest absolute Gasteiger partial charge is 0.159 e. The molecule has 1 nitrogen and oxygen atoms in total. The van der Waals surface area contributed by atoms with Crippen LogP contribution in [-0.4, -0.2) is 11.2 Å². The summed E-state index contributed by atoms with van der Waals surface area (Å²) in [6.45, 7) is 3.87. The van der Waals surface area contributed by atoms with Gasteiger partial charge in [-0.1, -0.05) is 50.2 Å². The summed E-state index contributed by atoms with van der Waals surface area (Å²) < 4.78 is 26.1. The zero-order chi connectivity index (χ0) is 14.8. The van der Waals surface area contributed by atoms with Crippen LogP contribution in [0.2, 0.25) is 0 Å². The van der Waals surface area contributed by atoms with Crippen molar-refractivity contribution in [2.45, 2.75) is 31.8 Å². The average Bonchev–Trinajstić information content (AvgIpc) is 2.44. The highest BCUT2D eigenvalue weighted by molar-refractivity contribution is 5.27. The van der Waals surface area contributed by atoms with Gasteiger partial charge in [0.25, 0.3) is 0 Å². The van der Waals surface area contributed by atoms with Crippen molar-refractivity contribution in [2.75, 3.05) is 0 Å². The van der Waals surface area contributed by atoms with Crippen LogP contribution in [0.5, 0.6) is 0 Å². The number of benzene rings is 2. The number of halogens is 2. The summed E-state index contributed by atoms with van der Waals surface area (Å²) in [5.41, 5.74) is 1.13. The van der Waals surface area contributed by atoms with Crippen LogP contribution in [0.25, 0.3) is 0 Å². The molecule has 106 valence electrons. The molecule has 2 rings (SSSR count). The molecule has 0 aliphatic rings. The molecule has 0 aromatic heterocycles. The topological polar surface area (TPSA) is 20.2 Å². The van der Waals surface area contributed by atoms with Crippen molar-refractivity contribution in [3.63, 3.8) is 0 Å². The van der Waals surface area contributed by atoms with E-state index in [-0.39, 0.29) is 6.42 Å². The number of aliphatic hydroxyl groups excluding tert-OH is 1. The summed E-state index contributed by atoms with van der Waals surface area (Å²) in [5.74, 6) is -1.75. The standard InChI is InChI=1S/C17H18F2O/c1-17(2,13-6-4-3-5-7-13)16(20)11-12-8-9-14(18)15(19)10-12/h3-10,16,20H,11H2,1-2H3. The minimum atomic E-state index is -0.882. The fourth-order valence-corrected chi connectivity index (χ4v) is 2.21. The van der Waals surface area contributed by atoms with E-state index in [1.807, 2.05) is 44.2 Å². The lowest BCUT2D eigenvalue weighted by Crippen LogP contribution is -2.35. The first-order valence-corrected chi connectivity index (χ1v) is 6.59. The van der Waals surface area contributed by atoms with E-state index in [1.165, 1.54) is 6.07 Å². The van der Waals surface area contributed by atoms with Gasteiger partial charge in [-0.3, -0.25) is 0 Å². The van der Waals surface area contributed by atoms with Gasteiger partial charge in [-0.15, -0.1) is 0 Å². The maximum Gasteiger partial charge on any atom is 0.159 e. The molecule has 2 aromatic rings. The Balaban J connectivity index is 2.18. The monoisotopic (exact) mass is 276 g/mol. The van der Waals surface area contributed by atoms with Gasteiger partial charge in [0.2, 0.25) is 0 Å². The molecule has 20 heavy (non-hydrogen) atoms. The molecular weight excluding hydrogens is 258 g/mol. The Hall–Kier alpha value is -1.74. The maximum absolute atomic E-state index is 13.2. The van der Waals surface area contributed by atoms with Crippen molar-refractivity contribution in [3.05, 3.63) is 71.3 Å². The zero-order valence-electron chi connectivity index (χ0n) is 11.6. The van der Waals surface area contributed by atoms with E-state index in [9.17, 15) is 13.9 Å². The highest BCUT2D eigenvalue weighted by atomic mass is 19.2. The third-order valence-corrected chi connectivity index (χ3v) is 3.76. The Morgan fingerprint density at radius 3 is 2.25 bits per heavy atom. The molecule has 0 spiro atoms. The molecule has 0 radical (unpaired) electrons. The molecule has 1 atom stereocenters. The summed E-state index contributed by atoms with van der Waals surface area (Å²) in [6, 6.07) is 13.4. The first kappa shape index (κ1) is 14.7. The Labute approximate surface area is 117 Å². The van der Waals surface area contributed by atoms with Gasteiger partial charge in [-0.2, -0.15) is 0 Å². The van der Waals surface area contributed by atoms with E-state index < -0.39 is 23.2 Å². The Morgan fingerprint density at radius 1 is 1.00 bits per heavy atom. The number of aliphatic hydroxyl groups is 1. The normalized spacial score (nSPS) is 13.2. The highest BCUT2D eigenvalue weighted by Gasteiger charge is 2.29. The van der Waals surface area contributed by atoms with Crippen molar-refractivity contribution >= 4 is 0 Å². The Bertz CT molecular complexity index is 579. The second-order valence-corrected chi connectivity index (χ2v) is 5.56. The summed E-state index contributed by atoms with van der Waals surface area (Å²) in [4.78, 5) is 0. The van der Waals surface area contributed by atoms with Crippen molar-refractivity contribution in [3.8, 4) is 0 Å². The molecule has 3 heteroatoms. The SMILES string of the molecule is CC(C)(c1ccccc1)C(O)Cc1ccc(F)c(F)c1. The first-order valence-electron chi connectivity index (χ1n) is 6.59. The van der Waals surface area contributed by atoms with E-state index in [2.05, 4.69) is 0 Å². The Morgan fingerprint density at radius 2 is 1.65 bits per heavy atom. The molecule has 0 heterocycles. The van der Waals surface area contributed by atoms with Gasteiger partial charge in [0.15, 0.2) is 11.6 Å². The quantitative estimate of drug-likeness (QED) is 0.899. The zero-order valence-corrected chi connectivity index (χ0v) is 11.6. The van der Waals surface area contributed by atoms with Crippen molar-refractivity contribution in [1.29, 1.82) is 0 Å². The van der Waals surface area contributed by atoms with Gasteiger partial charge in [0.1, 0.15) is 0 Å². The van der Waals surface area contributed by atoms with Crippen molar-refractivity contribution in [2.24, 2.45) is 0 Å². The van der Waals surface area contributed by atoms with Gasteiger partial charge in [0, 0.05) is 5.41 Å². The van der Waals surface area contributed by atoms with Gasteiger partial charge in [-0.25, -0.2) is 8.78 Å². The Kier molecular flexibility index (Phi) is 4.19. The second-order valence-electron chi connectivity index (χ2n) is 5.56. The molecule has 0 saturated heterocycles. The lowest BCUT2D eigenvalue weighted by molar-refractivity contribution is 0.0999. The van der Waals surface area contributed by atoms with Crippen LogP contribution in [0, 0.1) is 11.6 Å². The van der Waals surface area contributed by atoms with Gasteiger partial charge >= 0.3 is 0 Å². The molecule has 2 aromatic carbocycles. The van der Waals surface area contributed by atoms with Crippen LogP contribution < -0.4 is 0 Å². The van der Waals surface area contributed by atoms with Gasteiger partial charge in [-0.05, 0) is 29.7 Å². The lowest BCUT2D eigenvalue weighted by Gasteiger charge is -2.31. The second kappa shape index (κ2) is 5.71. The molecule has 1 N–H and O–H groups in total. The van der Waals surface area contributed by atoms with Crippen LogP contribution in [0.3, 0.4) is 0 Å². The number of rotatable bonds is 4. The average molecular weight is 276 g/mol. The van der Waals surface area contributed by atoms with Gasteiger partial charge in [0.05, 0.1) is 6.10 Å². The fourth-order valence-electron chi connectivity index (χ4n) is 2.21. The van der Waals surface area contributed by atoms with E-state index in [4.69, 9.17) is 0 Å². The van der Waals surface area contributed by atoms with Crippen LogP contribution in [0.15, 0.2) is 48.5 Å². The molecular formula is C17H18F2O. The molecule has 0 bridgehead atoms. The molecule has 0 saturated carbocycles. The van der Waals surface area contributed by atoms with Crippen LogP contribution in [-0.2, 0) is 11.8 Å². The number of hydrogen-bond donors (Lipinski definition) is 1. The summed E-state index contributed by atoms with van der Waals surface area (Å²) in [5, 5.41) is 10.4.